The average molecular weight is 537 g/mol. The van der Waals surface area contributed by atoms with Gasteiger partial charge in [-0.25, -0.2) is 9.78 Å². The summed E-state index contributed by atoms with van der Waals surface area (Å²) in [7, 11) is 0. The lowest BCUT2D eigenvalue weighted by molar-refractivity contribution is -0.100. The van der Waals surface area contributed by atoms with Crippen molar-refractivity contribution < 1.29 is 9.53 Å². The first-order valence-corrected chi connectivity index (χ1v) is 14.6. The molecular weight excluding hydrogens is 500 g/mol. The number of ether oxygens (including phenoxy) is 1. The Labute approximate surface area is 227 Å². The van der Waals surface area contributed by atoms with Crippen LogP contribution in [0.3, 0.4) is 0 Å². The molecule has 3 aromatic rings. The minimum atomic E-state index is -0.264. The van der Waals surface area contributed by atoms with E-state index >= 15 is 0 Å². The van der Waals surface area contributed by atoms with Crippen LogP contribution in [-0.4, -0.2) is 70.3 Å². The van der Waals surface area contributed by atoms with Gasteiger partial charge in [0.15, 0.2) is 0 Å². The number of amides is 1. The van der Waals surface area contributed by atoms with Gasteiger partial charge >= 0.3 is 6.09 Å². The van der Waals surface area contributed by atoms with Crippen molar-refractivity contribution in [2.24, 2.45) is 23.2 Å². The highest BCUT2D eigenvalue weighted by atomic mass is 32.1. The van der Waals surface area contributed by atoms with E-state index in [1.54, 1.807) is 16.2 Å². The summed E-state index contributed by atoms with van der Waals surface area (Å²) in [5, 5.41) is 6.94. The number of carbonyl (C=O) groups excluding carboxylic acids is 1. The van der Waals surface area contributed by atoms with Gasteiger partial charge in [-0.1, -0.05) is 13.8 Å². The third kappa shape index (κ3) is 4.83. The predicted octanol–water partition coefficient (Wildman–Crippen LogP) is 4.99. The largest absolute Gasteiger partial charge is 0.450 e. The predicted molar refractivity (Wildman–Crippen MR) is 150 cm³/mol. The van der Waals surface area contributed by atoms with Crippen molar-refractivity contribution in [1.29, 1.82) is 0 Å². The molecule has 3 heterocycles. The van der Waals surface area contributed by atoms with Crippen LogP contribution in [0.25, 0.3) is 10.2 Å². The van der Waals surface area contributed by atoms with Crippen molar-refractivity contribution in [3.05, 3.63) is 23.7 Å². The summed E-state index contributed by atoms with van der Waals surface area (Å²) in [6.45, 7) is 10.3. The minimum Gasteiger partial charge on any atom is -0.450 e. The van der Waals surface area contributed by atoms with Crippen molar-refractivity contribution in [2.75, 3.05) is 54.9 Å². The van der Waals surface area contributed by atoms with E-state index in [4.69, 9.17) is 19.7 Å². The number of nitrogens with zero attached hydrogens (tertiary/aromatic N) is 6. The highest BCUT2D eigenvalue weighted by Gasteiger charge is 2.53. The molecule has 3 atom stereocenters. The molecule has 202 valence electrons. The van der Waals surface area contributed by atoms with Gasteiger partial charge in [0.05, 0.1) is 22.3 Å². The van der Waals surface area contributed by atoms with E-state index in [-0.39, 0.29) is 6.09 Å². The van der Waals surface area contributed by atoms with Crippen LogP contribution in [0, 0.1) is 23.2 Å². The van der Waals surface area contributed by atoms with E-state index in [2.05, 4.69) is 40.4 Å². The number of anilines is 4. The summed E-state index contributed by atoms with van der Waals surface area (Å²) in [4.78, 5) is 34.7. The molecule has 10 nitrogen and oxygen atoms in total. The van der Waals surface area contributed by atoms with E-state index in [1.165, 1.54) is 19.3 Å². The average Bonchev–Trinajstić information content (AvgIpc) is 3.40. The lowest BCUT2D eigenvalue weighted by Crippen LogP contribution is -2.53. The molecule has 11 heteroatoms. The Hall–Kier alpha value is -3.21. The van der Waals surface area contributed by atoms with Crippen molar-refractivity contribution in [3.8, 4) is 0 Å². The van der Waals surface area contributed by atoms with Gasteiger partial charge in [0.25, 0.3) is 0 Å². The van der Waals surface area contributed by atoms with Gasteiger partial charge in [-0.05, 0) is 67.6 Å². The van der Waals surface area contributed by atoms with Crippen LogP contribution in [0.4, 0.5) is 28.3 Å². The number of benzene rings is 1. The smallest absolute Gasteiger partial charge is 0.409 e. The van der Waals surface area contributed by atoms with Crippen LogP contribution >= 0.6 is 11.3 Å². The zero-order valence-electron chi connectivity index (χ0n) is 22.3. The topological polar surface area (TPSA) is 108 Å². The Balaban J connectivity index is 1.20. The molecule has 38 heavy (non-hydrogen) atoms. The molecule has 3 aliphatic carbocycles. The molecule has 0 spiro atoms. The Bertz CT molecular complexity index is 1300. The fraction of sp³-hybridized carbons (Fsp3) is 0.593. The molecule has 1 saturated heterocycles. The Morgan fingerprint density at radius 1 is 1.13 bits per heavy atom. The summed E-state index contributed by atoms with van der Waals surface area (Å²) in [6, 6.07) is 6.06. The van der Waals surface area contributed by atoms with Gasteiger partial charge in [-0.2, -0.15) is 15.0 Å². The number of nitrogens with one attached hydrogen (secondary N) is 2. The number of hydrogen-bond donors (Lipinski definition) is 2. The SMILES string of the molecule is CCOC(=O)N1CCN(c2nc(NC[C@@H]3CCC4C[C@@H]3C4(C)C)nc(Nc3ccc4ncsc4c3)n2)CC1. The van der Waals surface area contributed by atoms with Gasteiger partial charge in [0.2, 0.25) is 17.8 Å². The number of carbonyl (C=O) groups is 1. The summed E-state index contributed by atoms with van der Waals surface area (Å²) in [5.41, 5.74) is 4.18. The van der Waals surface area contributed by atoms with Crippen LogP contribution in [0.1, 0.15) is 40.0 Å². The van der Waals surface area contributed by atoms with Crippen LogP contribution in [0.2, 0.25) is 0 Å². The van der Waals surface area contributed by atoms with Crippen LogP contribution in [0.15, 0.2) is 23.7 Å². The molecule has 1 aromatic carbocycles. The zero-order chi connectivity index (χ0) is 26.3. The molecule has 2 N–H and O–H groups in total. The van der Waals surface area contributed by atoms with Crippen LogP contribution in [0.5, 0.6) is 0 Å². The van der Waals surface area contributed by atoms with Crippen LogP contribution in [-0.2, 0) is 4.74 Å². The van der Waals surface area contributed by atoms with E-state index < -0.39 is 0 Å². The van der Waals surface area contributed by atoms with Crippen molar-refractivity contribution in [1.82, 2.24) is 24.8 Å². The maximum atomic E-state index is 12.2. The molecule has 1 amide bonds. The quantitative estimate of drug-likeness (QED) is 0.432. The van der Waals surface area contributed by atoms with E-state index in [1.807, 2.05) is 24.6 Å². The highest BCUT2D eigenvalue weighted by Crippen LogP contribution is 2.61. The number of aromatic nitrogens is 4. The lowest BCUT2D eigenvalue weighted by atomic mass is 9.45. The maximum Gasteiger partial charge on any atom is 0.409 e. The van der Waals surface area contributed by atoms with Gasteiger partial charge in [-0.15, -0.1) is 11.3 Å². The number of thiazole rings is 1. The first-order chi connectivity index (χ1) is 18.4. The first-order valence-electron chi connectivity index (χ1n) is 13.7. The molecule has 4 fully saturated rings. The summed E-state index contributed by atoms with van der Waals surface area (Å²) < 4.78 is 6.28. The van der Waals surface area contributed by atoms with E-state index in [0.29, 0.717) is 62.0 Å². The summed E-state index contributed by atoms with van der Waals surface area (Å²) in [6.07, 6.45) is 3.66. The monoisotopic (exact) mass is 536 g/mol. The Morgan fingerprint density at radius 2 is 1.95 bits per heavy atom. The van der Waals surface area contributed by atoms with E-state index in [0.717, 1.165) is 34.3 Å². The lowest BCUT2D eigenvalue weighted by Gasteiger charge is -2.60. The second-order valence-corrected chi connectivity index (χ2v) is 12.1. The molecule has 1 unspecified atom stereocenters. The number of hydrogen-bond acceptors (Lipinski definition) is 10. The normalized spacial score (nSPS) is 24.1. The first kappa shape index (κ1) is 25.1. The molecular formula is C27H36N8O2S. The molecule has 3 saturated carbocycles. The standard InChI is InChI=1S/C27H36N8O2S/c1-4-37-26(36)35-11-9-34(10-12-35)25-32-23(28-15-17-5-6-18-13-20(17)27(18,2)3)31-24(33-25)30-19-7-8-21-22(14-19)38-16-29-21/h7-8,14,16-18,20H,4-6,9-13,15H2,1-3H3,(H2,28,30,31,32,33)/t17-,18?,20-/m0/s1. The fourth-order valence-corrected chi connectivity index (χ4v) is 7.15. The van der Waals surface area contributed by atoms with Crippen molar-refractivity contribution >= 4 is 51.2 Å². The highest BCUT2D eigenvalue weighted by molar-refractivity contribution is 7.16. The maximum absolute atomic E-state index is 12.2. The molecule has 7 rings (SSSR count). The zero-order valence-corrected chi connectivity index (χ0v) is 23.1. The molecule has 2 aromatic heterocycles. The summed E-state index contributed by atoms with van der Waals surface area (Å²) >= 11 is 1.61. The summed E-state index contributed by atoms with van der Waals surface area (Å²) in [5.74, 6) is 3.97. The van der Waals surface area contributed by atoms with Gasteiger partial charge in [0.1, 0.15) is 0 Å². The Morgan fingerprint density at radius 3 is 2.71 bits per heavy atom. The van der Waals surface area contributed by atoms with Gasteiger partial charge < -0.3 is 25.2 Å². The van der Waals surface area contributed by atoms with Gasteiger partial charge in [0, 0.05) is 38.4 Å². The van der Waals surface area contributed by atoms with Gasteiger partial charge in [-0.3, -0.25) is 0 Å². The van der Waals surface area contributed by atoms with Crippen molar-refractivity contribution in [3.63, 3.8) is 0 Å². The minimum absolute atomic E-state index is 0.264. The molecule has 1 aliphatic heterocycles. The second-order valence-electron chi connectivity index (χ2n) is 11.2. The van der Waals surface area contributed by atoms with Crippen molar-refractivity contribution in [2.45, 2.75) is 40.0 Å². The fourth-order valence-electron chi connectivity index (χ4n) is 6.44. The van der Waals surface area contributed by atoms with Crippen LogP contribution < -0.4 is 15.5 Å². The third-order valence-corrected chi connectivity index (χ3v) is 9.61. The Kier molecular flexibility index (Phi) is 6.71. The number of piperazine rings is 1. The van der Waals surface area contributed by atoms with E-state index in [9.17, 15) is 4.79 Å². The number of fused-ring (bicyclic) bond motifs is 3. The molecule has 4 aliphatic rings. The third-order valence-electron chi connectivity index (χ3n) is 8.82. The molecule has 0 radical (unpaired) electrons. The number of rotatable bonds is 7. The second kappa shape index (κ2) is 10.2. The molecule has 2 bridgehead atoms.